The number of hydrogen-bond acceptors (Lipinski definition) is 3. The van der Waals surface area contributed by atoms with Crippen LogP contribution < -0.4 is 5.32 Å². The molecule has 1 heterocycles. The van der Waals surface area contributed by atoms with E-state index in [0.717, 1.165) is 12.1 Å². The largest absolute Gasteiger partial charge is 0.478 e. The molecule has 2 aromatic rings. The molecule has 0 saturated carbocycles. The molecule has 4 nitrogen and oxygen atoms in total. The summed E-state index contributed by atoms with van der Waals surface area (Å²) >= 11 is 0. The Morgan fingerprint density at radius 2 is 2.05 bits per heavy atom. The molecule has 0 atom stereocenters. The normalized spacial score (nSPS) is 10.3. The van der Waals surface area contributed by atoms with Gasteiger partial charge in [-0.25, -0.2) is 9.78 Å². The minimum absolute atomic E-state index is 0.208. The Labute approximate surface area is 118 Å². The zero-order chi connectivity index (χ0) is 14.5. The van der Waals surface area contributed by atoms with Gasteiger partial charge in [0.25, 0.3) is 0 Å². The highest BCUT2D eigenvalue weighted by Crippen LogP contribution is 2.14. The van der Waals surface area contributed by atoms with Gasteiger partial charge in [0.2, 0.25) is 0 Å². The van der Waals surface area contributed by atoms with Crippen molar-refractivity contribution in [2.24, 2.45) is 0 Å². The van der Waals surface area contributed by atoms with Gasteiger partial charge in [-0.1, -0.05) is 29.8 Å². The SMILES string of the molecule is Cc1cccc(CCNc2nc(C)ccc2C(=O)O)c1. The van der Waals surface area contributed by atoms with Crippen LogP contribution in [0.25, 0.3) is 0 Å². The maximum Gasteiger partial charge on any atom is 0.339 e. The Kier molecular flexibility index (Phi) is 4.35. The number of nitrogens with one attached hydrogen (secondary N) is 1. The quantitative estimate of drug-likeness (QED) is 0.876. The van der Waals surface area contributed by atoms with Gasteiger partial charge in [-0.15, -0.1) is 0 Å². The van der Waals surface area contributed by atoms with E-state index in [2.05, 4.69) is 35.4 Å². The van der Waals surface area contributed by atoms with Crippen molar-refractivity contribution in [3.63, 3.8) is 0 Å². The van der Waals surface area contributed by atoms with E-state index in [0.29, 0.717) is 12.4 Å². The summed E-state index contributed by atoms with van der Waals surface area (Å²) in [5.74, 6) is -0.527. The second-order valence-electron chi connectivity index (χ2n) is 4.82. The van der Waals surface area contributed by atoms with Crippen LogP contribution >= 0.6 is 0 Å². The highest BCUT2D eigenvalue weighted by molar-refractivity contribution is 5.93. The molecule has 0 fully saturated rings. The third-order valence-corrected chi connectivity index (χ3v) is 3.05. The van der Waals surface area contributed by atoms with Crippen LogP contribution in [0, 0.1) is 13.8 Å². The van der Waals surface area contributed by atoms with Crippen molar-refractivity contribution in [1.29, 1.82) is 0 Å². The van der Waals surface area contributed by atoms with E-state index in [1.165, 1.54) is 11.1 Å². The Morgan fingerprint density at radius 1 is 1.25 bits per heavy atom. The third kappa shape index (κ3) is 3.57. The summed E-state index contributed by atoms with van der Waals surface area (Å²) in [6, 6.07) is 11.6. The molecule has 0 radical (unpaired) electrons. The standard InChI is InChI=1S/C16H18N2O2/c1-11-4-3-5-13(10-11)8-9-17-15-14(16(19)20)7-6-12(2)18-15/h3-7,10H,8-9H2,1-2H3,(H,17,18)(H,19,20). The first-order chi connectivity index (χ1) is 9.56. The number of pyridine rings is 1. The smallest absolute Gasteiger partial charge is 0.339 e. The van der Waals surface area contributed by atoms with Gasteiger partial charge in [0.05, 0.1) is 0 Å². The van der Waals surface area contributed by atoms with E-state index < -0.39 is 5.97 Å². The van der Waals surface area contributed by atoms with E-state index in [-0.39, 0.29) is 5.56 Å². The number of aryl methyl sites for hydroxylation is 2. The number of anilines is 1. The van der Waals surface area contributed by atoms with Crippen LogP contribution in [0.4, 0.5) is 5.82 Å². The fourth-order valence-electron chi connectivity index (χ4n) is 2.06. The van der Waals surface area contributed by atoms with Gasteiger partial charge in [0.15, 0.2) is 0 Å². The van der Waals surface area contributed by atoms with Crippen LogP contribution in [0.2, 0.25) is 0 Å². The number of carbonyl (C=O) groups is 1. The molecule has 0 unspecified atom stereocenters. The average molecular weight is 270 g/mol. The van der Waals surface area contributed by atoms with Crippen molar-refractivity contribution in [1.82, 2.24) is 4.98 Å². The van der Waals surface area contributed by atoms with Crippen LogP contribution in [0.1, 0.15) is 27.2 Å². The molecule has 104 valence electrons. The second-order valence-corrected chi connectivity index (χ2v) is 4.82. The summed E-state index contributed by atoms with van der Waals surface area (Å²) in [6.07, 6.45) is 0.830. The maximum absolute atomic E-state index is 11.1. The number of nitrogens with zero attached hydrogens (tertiary/aromatic N) is 1. The Bertz CT molecular complexity index is 624. The van der Waals surface area contributed by atoms with E-state index in [1.54, 1.807) is 12.1 Å². The van der Waals surface area contributed by atoms with Crippen molar-refractivity contribution in [2.45, 2.75) is 20.3 Å². The number of aromatic carboxylic acids is 1. The zero-order valence-electron chi connectivity index (χ0n) is 11.7. The fourth-order valence-corrected chi connectivity index (χ4v) is 2.06. The molecule has 1 aromatic carbocycles. The second kappa shape index (κ2) is 6.19. The molecule has 0 aliphatic heterocycles. The molecule has 20 heavy (non-hydrogen) atoms. The van der Waals surface area contributed by atoms with E-state index in [9.17, 15) is 4.79 Å². The molecule has 0 bridgehead atoms. The number of aromatic nitrogens is 1. The number of carboxylic acid groups (broad SMARTS) is 1. The first-order valence-corrected chi connectivity index (χ1v) is 6.56. The van der Waals surface area contributed by atoms with Gasteiger partial charge in [-0.05, 0) is 38.0 Å². The first-order valence-electron chi connectivity index (χ1n) is 6.56. The van der Waals surface area contributed by atoms with E-state index in [4.69, 9.17) is 5.11 Å². The molecule has 0 aliphatic carbocycles. The minimum Gasteiger partial charge on any atom is -0.478 e. The third-order valence-electron chi connectivity index (χ3n) is 3.05. The summed E-state index contributed by atoms with van der Waals surface area (Å²) in [5, 5.41) is 12.2. The number of hydrogen-bond donors (Lipinski definition) is 2. The van der Waals surface area contributed by atoms with Gasteiger partial charge >= 0.3 is 5.97 Å². The average Bonchev–Trinajstić information content (AvgIpc) is 2.38. The lowest BCUT2D eigenvalue weighted by atomic mass is 10.1. The summed E-state index contributed by atoms with van der Waals surface area (Å²) < 4.78 is 0. The lowest BCUT2D eigenvalue weighted by molar-refractivity contribution is 0.0697. The van der Waals surface area contributed by atoms with Crippen molar-refractivity contribution >= 4 is 11.8 Å². The van der Waals surface area contributed by atoms with Gasteiger partial charge < -0.3 is 10.4 Å². The summed E-state index contributed by atoms with van der Waals surface area (Å²) in [5.41, 5.74) is 3.46. The lowest BCUT2D eigenvalue weighted by Gasteiger charge is -2.09. The van der Waals surface area contributed by atoms with Crippen molar-refractivity contribution in [3.05, 3.63) is 58.8 Å². The number of rotatable bonds is 5. The predicted octanol–water partition coefficient (Wildman–Crippen LogP) is 3.05. The highest BCUT2D eigenvalue weighted by atomic mass is 16.4. The van der Waals surface area contributed by atoms with Crippen LogP contribution in [0.5, 0.6) is 0 Å². The van der Waals surface area contributed by atoms with E-state index in [1.807, 2.05) is 13.0 Å². The number of carboxylic acids is 1. The molecular formula is C16H18N2O2. The summed E-state index contributed by atoms with van der Waals surface area (Å²) in [4.78, 5) is 15.4. The molecule has 4 heteroatoms. The fraction of sp³-hybridized carbons (Fsp3) is 0.250. The minimum atomic E-state index is -0.962. The number of benzene rings is 1. The Morgan fingerprint density at radius 3 is 2.75 bits per heavy atom. The molecular weight excluding hydrogens is 252 g/mol. The molecule has 0 aliphatic rings. The first kappa shape index (κ1) is 14.1. The molecule has 0 spiro atoms. The monoisotopic (exact) mass is 270 g/mol. The van der Waals surface area contributed by atoms with Gasteiger partial charge in [0.1, 0.15) is 11.4 Å². The van der Waals surface area contributed by atoms with Crippen molar-refractivity contribution in [2.75, 3.05) is 11.9 Å². The predicted molar refractivity (Wildman–Crippen MR) is 79.3 cm³/mol. The summed E-state index contributed by atoms with van der Waals surface area (Å²) in [6.45, 7) is 4.55. The Hall–Kier alpha value is -2.36. The van der Waals surface area contributed by atoms with Crippen LogP contribution in [0.15, 0.2) is 36.4 Å². The topological polar surface area (TPSA) is 62.2 Å². The molecule has 2 N–H and O–H groups in total. The molecule has 0 amide bonds. The van der Waals surface area contributed by atoms with Crippen molar-refractivity contribution < 1.29 is 9.90 Å². The van der Waals surface area contributed by atoms with Crippen LogP contribution in [0.3, 0.4) is 0 Å². The highest BCUT2D eigenvalue weighted by Gasteiger charge is 2.10. The van der Waals surface area contributed by atoms with Gasteiger partial charge in [0, 0.05) is 12.2 Å². The van der Waals surface area contributed by atoms with Crippen LogP contribution in [-0.2, 0) is 6.42 Å². The maximum atomic E-state index is 11.1. The summed E-state index contributed by atoms with van der Waals surface area (Å²) in [7, 11) is 0. The van der Waals surface area contributed by atoms with Crippen molar-refractivity contribution in [3.8, 4) is 0 Å². The van der Waals surface area contributed by atoms with Gasteiger partial charge in [-0.3, -0.25) is 0 Å². The lowest BCUT2D eigenvalue weighted by Crippen LogP contribution is -2.11. The zero-order valence-corrected chi connectivity index (χ0v) is 11.7. The molecule has 0 saturated heterocycles. The Balaban J connectivity index is 2.04. The van der Waals surface area contributed by atoms with Crippen LogP contribution in [-0.4, -0.2) is 22.6 Å². The molecule has 2 rings (SSSR count). The molecule has 1 aromatic heterocycles. The van der Waals surface area contributed by atoms with E-state index >= 15 is 0 Å². The van der Waals surface area contributed by atoms with Gasteiger partial charge in [-0.2, -0.15) is 0 Å².